The normalized spacial score (nSPS) is 30.4. The van der Waals surface area contributed by atoms with E-state index < -0.39 is 147 Å². The van der Waals surface area contributed by atoms with E-state index in [1.165, 1.54) is 40.5 Å². The van der Waals surface area contributed by atoms with Crippen molar-refractivity contribution in [2.75, 3.05) is 58.0 Å². The Morgan fingerprint density at radius 3 is 2.20 bits per heavy atom. The topological polar surface area (TPSA) is 507 Å². The number of phosphoric acid groups is 2. The van der Waals surface area contributed by atoms with Crippen LogP contribution in [-0.2, 0) is 71.4 Å². The van der Waals surface area contributed by atoms with E-state index in [-0.39, 0.29) is 47.1 Å². The molecule has 0 spiro atoms. The van der Waals surface area contributed by atoms with Crippen molar-refractivity contribution in [3.8, 4) is 0 Å². The first-order chi connectivity index (χ1) is 35.2. The summed E-state index contributed by atoms with van der Waals surface area (Å²) in [6.07, 6.45) is -12.7. The predicted octanol–water partition coefficient (Wildman–Crippen LogP) is -3.47. The molecule has 0 amide bonds. The fourth-order valence-electron chi connectivity index (χ4n) is 8.66. The lowest BCUT2D eigenvalue weighted by Crippen LogP contribution is -2.45. The number of phosphoric ester groups is 2. The van der Waals surface area contributed by atoms with E-state index in [2.05, 4.69) is 29.2 Å². The van der Waals surface area contributed by atoms with E-state index in [1.54, 1.807) is 0 Å². The van der Waals surface area contributed by atoms with E-state index in [0.717, 1.165) is 30.3 Å². The Labute approximate surface area is 418 Å². The second kappa shape index (κ2) is 22.0. The van der Waals surface area contributed by atoms with Crippen LogP contribution in [-0.4, -0.2) is 174 Å². The number of aromatic amines is 2. The summed E-state index contributed by atoms with van der Waals surface area (Å²) in [6, 6.07) is 0.934. The van der Waals surface area contributed by atoms with Gasteiger partial charge in [-0.1, -0.05) is 4.98 Å². The number of rotatable bonds is 22. The number of anilines is 2. The van der Waals surface area contributed by atoms with Gasteiger partial charge in [0, 0.05) is 39.0 Å². The van der Waals surface area contributed by atoms with Gasteiger partial charge < -0.3 is 74.6 Å². The van der Waals surface area contributed by atoms with Gasteiger partial charge in [-0.3, -0.25) is 56.0 Å². The van der Waals surface area contributed by atoms with E-state index in [4.69, 9.17) is 53.2 Å². The van der Waals surface area contributed by atoms with Crippen LogP contribution >= 0.6 is 30.8 Å². The molecule has 414 valence electrons. The molecule has 5 unspecified atom stereocenters. The Morgan fingerprint density at radius 2 is 1.49 bits per heavy atom. The highest BCUT2D eigenvalue weighted by Gasteiger charge is 2.53. The Kier molecular flexibility index (Phi) is 16.6. The third-order valence-electron chi connectivity index (χ3n) is 12.0. The highest BCUT2D eigenvalue weighted by Crippen LogP contribution is 2.66. The maximum absolute atomic E-state index is 13.6. The minimum atomic E-state index is -5.68. The van der Waals surface area contributed by atoms with E-state index in [9.17, 15) is 67.5 Å². The van der Waals surface area contributed by atoms with Crippen molar-refractivity contribution in [2.45, 2.75) is 73.9 Å². The number of H-pyrrole nitrogens is 2. The van der Waals surface area contributed by atoms with Gasteiger partial charge in [0.25, 0.3) is 17.1 Å². The SMILES string of the molecule is COCC[C@@H]1[C@@H](COP(=O)(O)OP(=O)(O)CP(=O)(O)OC[C@H]2O[C@@H](n3cnc4c(N)ncnc43)[C@H](OC)[C@@H]2OP(=O)(O)OC[C@H]2O[C@@H](n3ccc(=O)[nH]c3=O)[C@H](O)[C@@H]2O)OC([n+]2cn(C)c3c(=O)[nH]c(N)nc32)[C@@H]1O. The molecule has 5 aromatic rings. The maximum Gasteiger partial charge on any atom is 0.479 e. The van der Waals surface area contributed by atoms with Crippen molar-refractivity contribution in [1.82, 2.24) is 43.6 Å². The number of ether oxygens (including phenoxy) is 5. The largest absolute Gasteiger partial charge is 0.479 e. The van der Waals surface area contributed by atoms with Crippen molar-refractivity contribution in [3.63, 3.8) is 0 Å². The Balaban J connectivity index is 0.942. The maximum atomic E-state index is 13.6. The van der Waals surface area contributed by atoms with Gasteiger partial charge in [0.15, 0.2) is 36.2 Å². The van der Waals surface area contributed by atoms with Crippen molar-refractivity contribution < 1.29 is 104 Å². The van der Waals surface area contributed by atoms with Crippen LogP contribution < -0.4 is 32.8 Å². The zero-order valence-electron chi connectivity index (χ0n) is 39.1. The minimum Gasteiger partial charge on any atom is -0.387 e. The van der Waals surface area contributed by atoms with E-state index in [0.29, 0.717) is 0 Å². The number of fused-ring (bicyclic) bond motifs is 2. The summed E-state index contributed by atoms with van der Waals surface area (Å²) in [7, 11) is -18.2. The molecule has 3 aliphatic rings. The second-order valence-corrected chi connectivity index (χ2v) is 24.3. The number of aromatic nitrogens is 10. The van der Waals surface area contributed by atoms with E-state index in [1.807, 2.05) is 4.98 Å². The highest BCUT2D eigenvalue weighted by molar-refractivity contribution is 7.74. The number of hydrogen-bond acceptors (Lipinski definition) is 26. The summed E-state index contributed by atoms with van der Waals surface area (Å²) >= 11 is 0. The van der Waals surface area contributed by atoms with Crippen molar-refractivity contribution in [1.29, 1.82) is 0 Å². The zero-order valence-corrected chi connectivity index (χ0v) is 42.7. The van der Waals surface area contributed by atoms with Gasteiger partial charge in [0.2, 0.25) is 11.7 Å². The summed E-state index contributed by atoms with van der Waals surface area (Å²) < 4.78 is 112. The lowest BCUT2D eigenvalue weighted by molar-refractivity contribution is -0.745. The fourth-order valence-corrected chi connectivity index (χ4v) is 14.6. The third-order valence-corrected chi connectivity index (χ3v) is 18.7. The molecule has 8 heterocycles. The molecule has 0 saturated carbocycles. The molecule has 8 rings (SSSR count). The van der Waals surface area contributed by atoms with Crippen LogP contribution in [0.15, 0.2) is 45.6 Å². The van der Waals surface area contributed by atoms with Crippen LogP contribution in [0.3, 0.4) is 0 Å². The van der Waals surface area contributed by atoms with Crippen LogP contribution in [0.1, 0.15) is 25.1 Å². The quantitative estimate of drug-likeness (QED) is 0.0237. The predicted molar refractivity (Wildman–Crippen MR) is 246 cm³/mol. The summed E-state index contributed by atoms with van der Waals surface area (Å²) in [6.45, 7) is -2.95. The molecule has 0 aliphatic carbocycles. The van der Waals surface area contributed by atoms with Gasteiger partial charge in [-0.05, 0) is 6.42 Å². The molecule has 3 aliphatic heterocycles. The van der Waals surface area contributed by atoms with Gasteiger partial charge in [-0.2, -0.15) is 0 Å². The average molecular weight is 1150 g/mol. The zero-order chi connectivity index (χ0) is 54.5. The molecule has 13 N–H and O–H groups in total. The van der Waals surface area contributed by atoms with Crippen molar-refractivity contribution in [3.05, 3.63) is 62.4 Å². The molecule has 3 fully saturated rings. The highest BCUT2D eigenvalue weighted by atomic mass is 31.3. The van der Waals surface area contributed by atoms with Crippen LogP contribution in [0.25, 0.3) is 22.3 Å². The molecular weight excluding hydrogens is 1100 g/mol. The van der Waals surface area contributed by atoms with Gasteiger partial charge in [0.05, 0.1) is 39.3 Å². The van der Waals surface area contributed by atoms with Gasteiger partial charge >= 0.3 is 42.2 Å². The number of aliphatic hydroxyl groups is 3. The molecular formula is C35H51N12O24P4+. The molecule has 0 bridgehead atoms. The monoisotopic (exact) mass is 1150 g/mol. The summed E-state index contributed by atoms with van der Waals surface area (Å²) in [4.78, 5) is 100. The first kappa shape index (κ1) is 56.6. The van der Waals surface area contributed by atoms with Crippen LogP contribution in [0.4, 0.5) is 11.8 Å². The molecule has 40 heteroatoms. The standard InChI is InChI=1S/C35H50N12O24P4/c1-44-13-47(29-21(44)30(52)43-34(37)42-29)31-22(49)15(5-7-62-2)16(67-31)8-66-75(60,61)71-73(56,57)14-72(54,55)64-10-18-25(26(63-3)33(69-18)46-12-40-20-27(36)38-11-39-28(20)46)70-74(58,59)65-9-17-23(50)24(51)32(68-17)45-6-4-19(48)41-35(45)53/h4,6,11-13,15-18,22-26,31-33,49-51H,5,7-10,14H2,1-3H3,(H9-,36,37,38,39,41,42,43,48,52,53,54,55,56,57,58,59,60,61)/p+1/t15-,16-,17-,18-,22-,23-,24-,25-,26-,31?,32-,33-/m1/s1. The third kappa shape index (κ3) is 12.3. The Bertz CT molecular complexity index is 3280. The number of hydrogen-bond donors (Lipinski definition) is 11. The number of imidazole rings is 2. The average Bonchev–Trinajstić information content (AvgIpc) is 4.12. The number of nitrogens with zero attached hydrogens (tertiary/aromatic N) is 8. The summed E-state index contributed by atoms with van der Waals surface area (Å²) in [5, 5.41) is 32.7. The smallest absolute Gasteiger partial charge is 0.387 e. The summed E-state index contributed by atoms with van der Waals surface area (Å²) in [5.74, 6) is -3.09. The molecule has 5 aromatic heterocycles. The van der Waals surface area contributed by atoms with Crippen LogP contribution in [0, 0.1) is 5.92 Å². The fraction of sp³-hybridized carbons (Fsp3) is 0.600. The van der Waals surface area contributed by atoms with Gasteiger partial charge in [-0.15, -0.1) is 0 Å². The second-order valence-electron chi connectivity index (χ2n) is 17.1. The number of nitrogen functional groups attached to an aromatic ring is 2. The Hall–Kier alpha value is -4.58. The van der Waals surface area contributed by atoms with Crippen LogP contribution in [0.2, 0.25) is 0 Å². The van der Waals surface area contributed by atoms with Gasteiger partial charge in [-0.25, -0.2) is 37.8 Å². The first-order valence-electron chi connectivity index (χ1n) is 21.9. The first-order valence-corrected chi connectivity index (χ1v) is 28.4. The Morgan fingerprint density at radius 1 is 0.800 bits per heavy atom. The van der Waals surface area contributed by atoms with Gasteiger partial charge in [0.1, 0.15) is 54.6 Å². The van der Waals surface area contributed by atoms with Crippen molar-refractivity contribution >= 4 is 64.9 Å². The molecule has 75 heavy (non-hydrogen) atoms. The number of nitrogens with two attached hydrogens (primary N) is 2. The lowest BCUT2D eigenvalue weighted by Gasteiger charge is -2.26. The molecule has 0 radical (unpaired) electrons. The number of aliphatic hydroxyl groups excluding tert-OH is 3. The summed E-state index contributed by atoms with van der Waals surface area (Å²) in [5.41, 5.74) is 9.47. The number of methoxy groups -OCH3 is 2. The number of nitrogens with one attached hydrogen (secondary N) is 2. The molecule has 36 nitrogen and oxygen atoms in total. The molecule has 0 aromatic carbocycles. The number of aryl methyl sites for hydroxylation is 1. The van der Waals surface area contributed by atoms with E-state index >= 15 is 0 Å². The minimum absolute atomic E-state index is 0.00825. The lowest BCUT2D eigenvalue weighted by atomic mass is 9.95. The molecule has 3 saturated heterocycles. The van der Waals surface area contributed by atoms with Crippen molar-refractivity contribution in [2.24, 2.45) is 13.0 Å². The molecule has 16 atom stereocenters. The van der Waals surface area contributed by atoms with Crippen LogP contribution in [0.5, 0.6) is 0 Å².